The Kier molecular flexibility index (Phi) is 2.10. The number of halogens is 1. The minimum Gasteiger partial charge on any atom is -0.207 e. The van der Waals surface area contributed by atoms with Gasteiger partial charge >= 0.3 is 7.95 Å². The summed E-state index contributed by atoms with van der Waals surface area (Å²) in [4.78, 5) is 0. The zero-order chi connectivity index (χ0) is 7.56. The summed E-state index contributed by atoms with van der Waals surface area (Å²) in [6.45, 7) is 0. The second-order valence-electron chi connectivity index (χ2n) is 1.80. The quantitative estimate of drug-likeness (QED) is 0.623. The molecule has 1 rings (SSSR count). The monoisotopic (exact) mass is 158 g/mol. The summed E-state index contributed by atoms with van der Waals surface area (Å²) in [7, 11) is -1.82. The van der Waals surface area contributed by atoms with Gasteiger partial charge in [0.25, 0.3) is 0 Å². The van der Waals surface area contributed by atoms with E-state index in [0.717, 1.165) is 0 Å². The molecule has 0 amide bonds. The van der Waals surface area contributed by atoms with Crippen LogP contribution < -0.4 is 10.8 Å². The Morgan fingerprint density at radius 2 is 1.80 bits per heavy atom. The van der Waals surface area contributed by atoms with E-state index in [0.29, 0.717) is 5.30 Å². The molecule has 1 atom stereocenters. The van der Waals surface area contributed by atoms with Crippen LogP contribution in [0, 0.1) is 5.82 Å². The third-order valence-electron chi connectivity index (χ3n) is 1.08. The molecule has 0 heterocycles. The van der Waals surface area contributed by atoms with Gasteiger partial charge in [0.1, 0.15) is 5.82 Å². The van der Waals surface area contributed by atoms with Gasteiger partial charge in [-0.1, -0.05) is 0 Å². The summed E-state index contributed by atoms with van der Waals surface area (Å²) >= 11 is 0. The van der Waals surface area contributed by atoms with Crippen LogP contribution in [0.25, 0.3) is 0 Å². The molecule has 0 radical (unpaired) electrons. The molecule has 0 saturated carbocycles. The number of hydrogen-bond donors (Lipinski definition) is 1. The lowest BCUT2D eigenvalue weighted by atomic mass is 10.4. The molecule has 1 aromatic rings. The van der Waals surface area contributed by atoms with E-state index in [4.69, 9.17) is 5.50 Å². The average molecular weight is 158 g/mol. The first kappa shape index (κ1) is 7.32. The second-order valence-corrected chi connectivity index (χ2v) is 2.97. The van der Waals surface area contributed by atoms with Crippen molar-refractivity contribution < 1.29 is 8.96 Å². The summed E-state index contributed by atoms with van der Waals surface area (Å²) in [6, 6.07) is 5.28. The molecule has 0 fully saturated rings. The van der Waals surface area contributed by atoms with E-state index in [1.807, 2.05) is 0 Å². The van der Waals surface area contributed by atoms with E-state index in [1.165, 1.54) is 24.3 Å². The first-order chi connectivity index (χ1) is 4.70. The molecule has 1 unspecified atom stereocenters. The SMILES string of the molecule is N[P+](=O)c1ccc(F)cc1. The molecule has 4 heteroatoms. The van der Waals surface area contributed by atoms with Crippen molar-refractivity contribution in [1.82, 2.24) is 0 Å². The molecule has 10 heavy (non-hydrogen) atoms. The van der Waals surface area contributed by atoms with Gasteiger partial charge in [0.05, 0.1) is 0 Å². The van der Waals surface area contributed by atoms with Gasteiger partial charge in [-0.3, -0.25) is 0 Å². The fourth-order valence-corrected chi connectivity index (χ4v) is 1.03. The van der Waals surface area contributed by atoms with Gasteiger partial charge in [0, 0.05) is 0 Å². The molecular weight excluding hydrogens is 152 g/mol. The summed E-state index contributed by atoms with van der Waals surface area (Å²) in [5, 5.41) is 0.469. The minimum absolute atomic E-state index is 0.347. The lowest BCUT2D eigenvalue weighted by molar-refractivity contribution is 0.594. The van der Waals surface area contributed by atoms with Crippen molar-refractivity contribution in [2.75, 3.05) is 0 Å². The molecule has 2 N–H and O–H groups in total. The van der Waals surface area contributed by atoms with Crippen LogP contribution in [0.3, 0.4) is 0 Å². The molecule has 0 aliphatic heterocycles. The maximum Gasteiger partial charge on any atom is 0.468 e. The summed E-state index contributed by atoms with van der Waals surface area (Å²) in [5.41, 5.74) is 5.05. The van der Waals surface area contributed by atoms with Crippen LogP contribution in [-0.2, 0) is 4.57 Å². The third kappa shape index (κ3) is 1.59. The van der Waals surface area contributed by atoms with Crippen LogP contribution in [0.15, 0.2) is 24.3 Å². The molecule has 1 aromatic carbocycles. The average Bonchev–Trinajstić information content (AvgIpc) is 1.88. The predicted molar refractivity (Wildman–Crippen MR) is 37.8 cm³/mol. The normalized spacial score (nSPS) is 11.2. The van der Waals surface area contributed by atoms with Crippen molar-refractivity contribution in [3.8, 4) is 0 Å². The topological polar surface area (TPSA) is 43.1 Å². The molecule has 0 aromatic heterocycles. The highest BCUT2D eigenvalue weighted by atomic mass is 31.1. The van der Waals surface area contributed by atoms with E-state index in [9.17, 15) is 8.96 Å². The van der Waals surface area contributed by atoms with Crippen LogP contribution in [0.5, 0.6) is 0 Å². The van der Waals surface area contributed by atoms with E-state index in [-0.39, 0.29) is 5.82 Å². The van der Waals surface area contributed by atoms with Crippen molar-refractivity contribution in [1.29, 1.82) is 0 Å². The Morgan fingerprint density at radius 1 is 1.30 bits per heavy atom. The third-order valence-corrected chi connectivity index (χ3v) is 1.89. The second kappa shape index (κ2) is 2.86. The highest BCUT2D eigenvalue weighted by Gasteiger charge is 2.11. The van der Waals surface area contributed by atoms with Gasteiger partial charge in [-0.15, -0.1) is 5.50 Å². The fourth-order valence-electron chi connectivity index (χ4n) is 0.588. The van der Waals surface area contributed by atoms with Crippen LogP contribution >= 0.6 is 7.95 Å². The molecule has 2 nitrogen and oxygen atoms in total. The molecule has 52 valence electrons. The maximum absolute atomic E-state index is 12.2. The number of benzene rings is 1. The number of rotatable bonds is 1. The van der Waals surface area contributed by atoms with E-state index in [2.05, 4.69) is 0 Å². The smallest absolute Gasteiger partial charge is 0.207 e. The molecule has 0 spiro atoms. The van der Waals surface area contributed by atoms with E-state index >= 15 is 0 Å². The zero-order valence-corrected chi connectivity index (χ0v) is 6.01. The standard InChI is InChI=1S/C6H6FNOP/c7-5-1-3-6(4-2-5)10(8)9/h1-4H,(H2,8,9)/q+1. The van der Waals surface area contributed by atoms with Gasteiger partial charge in [0.15, 0.2) is 0 Å². The molecule has 0 saturated heterocycles. The van der Waals surface area contributed by atoms with E-state index in [1.54, 1.807) is 0 Å². The maximum atomic E-state index is 12.2. The number of nitrogens with two attached hydrogens (primary N) is 1. The zero-order valence-electron chi connectivity index (χ0n) is 5.12. The van der Waals surface area contributed by atoms with Crippen molar-refractivity contribution >= 4 is 13.3 Å². The minimum atomic E-state index is -1.82. The van der Waals surface area contributed by atoms with Gasteiger partial charge in [-0.05, 0) is 28.8 Å². The van der Waals surface area contributed by atoms with Gasteiger partial charge in [-0.2, -0.15) is 0 Å². The summed E-state index contributed by atoms with van der Waals surface area (Å²) < 4.78 is 22.8. The Balaban J connectivity index is 3.00. The number of hydrogen-bond acceptors (Lipinski definition) is 1. The Bertz CT molecular complexity index is 246. The van der Waals surface area contributed by atoms with Crippen molar-refractivity contribution in [2.24, 2.45) is 5.50 Å². The van der Waals surface area contributed by atoms with Gasteiger partial charge in [-0.25, -0.2) is 4.39 Å². The first-order valence-electron chi connectivity index (χ1n) is 2.67. The van der Waals surface area contributed by atoms with Crippen molar-refractivity contribution in [3.63, 3.8) is 0 Å². The predicted octanol–water partition coefficient (Wildman–Crippen LogP) is 1.15. The lowest BCUT2D eigenvalue weighted by Gasteiger charge is -1.83. The lowest BCUT2D eigenvalue weighted by Crippen LogP contribution is -1.99. The molecule has 0 aliphatic rings. The Morgan fingerprint density at radius 3 is 2.20 bits per heavy atom. The highest BCUT2D eigenvalue weighted by molar-refractivity contribution is 7.50. The molecule has 0 bridgehead atoms. The van der Waals surface area contributed by atoms with E-state index < -0.39 is 7.95 Å². The van der Waals surface area contributed by atoms with Crippen LogP contribution in [0.4, 0.5) is 4.39 Å². The fraction of sp³-hybridized carbons (Fsp3) is 0. The Labute approximate surface area is 58.7 Å². The summed E-state index contributed by atoms with van der Waals surface area (Å²) in [5.74, 6) is -0.347. The van der Waals surface area contributed by atoms with Gasteiger partial charge < -0.3 is 0 Å². The molecule has 0 aliphatic carbocycles. The first-order valence-corrected chi connectivity index (χ1v) is 4.00. The van der Waals surface area contributed by atoms with Crippen molar-refractivity contribution in [3.05, 3.63) is 30.1 Å². The largest absolute Gasteiger partial charge is 0.468 e. The van der Waals surface area contributed by atoms with Gasteiger partial charge in [0.2, 0.25) is 5.30 Å². The van der Waals surface area contributed by atoms with Crippen LogP contribution in [-0.4, -0.2) is 0 Å². The van der Waals surface area contributed by atoms with Crippen molar-refractivity contribution in [2.45, 2.75) is 0 Å². The summed E-state index contributed by atoms with van der Waals surface area (Å²) in [6.07, 6.45) is 0. The van der Waals surface area contributed by atoms with Crippen LogP contribution in [0.2, 0.25) is 0 Å². The Hall–Kier alpha value is -0.790. The molecular formula is C6H6FNOP+. The highest BCUT2D eigenvalue weighted by Crippen LogP contribution is 2.07. The van der Waals surface area contributed by atoms with Crippen LogP contribution in [0.1, 0.15) is 0 Å².